The molecule has 6 rings (SSSR count). The number of fused-ring (bicyclic) bond motifs is 1. The predicted octanol–water partition coefficient (Wildman–Crippen LogP) is 5.97. The minimum absolute atomic E-state index is 0.238. The fourth-order valence-corrected chi connectivity index (χ4v) is 4.77. The van der Waals surface area contributed by atoms with E-state index in [4.69, 9.17) is 4.74 Å². The van der Waals surface area contributed by atoms with Gasteiger partial charge in [0, 0.05) is 47.7 Å². The summed E-state index contributed by atoms with van der Waals surface area (Å²) in [5.74, 6) is 2.40. The molecule has 0 spiro atoms. The quantitative estimate of drug-likeness (QED) is 0.328. The lowest BCUT2D eigenvalue weighted by atomic mass is 10.0. The molecule has 0 bridgehead atoms. The van der Waals surface area contributed by atoms with Gasteiger partial charge in [-0.05, 0) is 47.9 Å². The predicted molar refractivity (Wildman–Crippen MR) is 142 cm³/mol. The zero-order valence-corrected chi connectivity index (χ0v) is 20.5. The number of nitrogens with one attached hydrogen (secondary N) is 1. The van der Waals surface area contributed by atoms with E-state index in [-0.39, 0.29) is 5.82 Å². The lowest BCUT2D eigenvalue weighted by Gasteiger charge is -2.24. The molecule has 5 aromatic rings. The van der Waals surface area contributed by atoms with Crippen molar-refractivity contribution >= 4 is 5.82 Å². The highest BCUT2D eigenvalue weighted by Crippen LogP contribution is 2.33. The summed E-state index contributed by atoms with van der Waals surface area (Å²) in [6.45, 7) is 3.93. The van der Waals surface area contributed by atoms with Crippen molar-refractivity contribution in [3.05, 3.63) is 114 Å². The number of halogens is 1. The molecule has 1 aliphatic rings. The number of hydrogen-bond acceptors (Lipinski definition) is 5. The van der Waals surface area contributed by atoms with Crippen molar-refractivity contribution in [3.8, 4) is 28.3 Å². The number of aryl methyl sites for hydroxylation is 1. The second-order valence-corrected chi connectivity index (χ2v) is 9.17. The summed E-state index contributed by atoms with van der Waals surface area (Å²) in [6, 6.07) is 21.4. The maximum absolute atomic E-state index is 13.4. The number of nitrogens with zero attached hydrogens (tertiary/aromatic N) is 4. The molecule has 2 aromatic heterocycles. The average Bonchev–Trinajstić information content (AvgIpc) is 3.38. The fourth-order valence-electron chi connectivity index (χ4n) is 4.77. The van der Waals surface area contributed by atoms with E-state index in [2.05, 4.69) is 67.3 Å². The maximum atomic E-state index is 13.4. The zero-order chi connectivity index (χ0) is 25.2. The zero-order valence-electron chi connectivity index (χ0n) is 20.5. The molecule has 7 heteroatoms. The van der Waals surface area contributed by atoms with Crippen LogP contribution in [0.5, 0.6) is 5.75 Å². The molecule has 37 heavy (non-hydrogen) atoms. The minimum Gasteiger partial charge on any atom is -0.491 e. The molecule has 0 amide bonds. The fraction of sp³-hybridized carbons (Fsp3) is 0.167. The van der Waals surface area contributed by atoms with Gasteiger partial charge in [0.25, 0.3) is 0 Å². The number of benzene rings is 3. The molecular weight excluding hydrogens is 465 g/mol. The van der Waals surface area contributed by atoms with Crippen molar-refractivity contribution in [2.75, 3.05) is 18.1 Å². The number of imidazole rings is 1. The second-order valence-electron chi connectivity index (χ2n) is 9.17. The van der Waals surface area contributed by atoms with E-state index in [0.717, 1.165) is 56.5 Å². The molecule has 0 fully saturated rings. The topological polar surface area (TPSA) is 66.9 Å². The highest BCUT2D eigenvalue weighted by Gasteiger charge is 2.21. The van der Waals surface area contributed by atoms with Gasteiger partial charge in [-0.2, -0.15) is 0 Å². The minimum atomic E-state index is -0.238. The van der Waals surface area contributed by atoms with E-state index < -0.39 is 0 Å². The highest BCUT2D eigenvalue weighted by atomic mass is 19.1. The highest BCUT2D eigenvalue weighted by molar-refractivity contribution is 5.69. The first-order valence-electron chi connectivity index (χ1n) is 12.3. The Bertz CT molecular complexity index is 1520. The van der Waals surface area contributed by atoms with Crippen LogP contribution in [0.3, 0.4) is 0 Å². The van der Waals surface area contributed by atoms with Gasteiger partial charge in [-0.15, -0.1) is 0 Å². The number of anilines is 1. The number of H-pyrrole nitrogens is 1. The van der Waals surface area contributed by atoms with E-state index in [1.165, 1.54) is 12.1 Å². The van der Waals surface area contributed by atoms with Crippen LogP contribution in [-0.2, 0) is 13.0 Å². The second kappa shape index (κ2) is 9.85. The van der Waals surface area contributed by atoms with Crippen molar-refractivity contribution in [2.45, 2.75) is 19.9 Å². The molecule has 6 nitrogen and oxygen atoms in total. The van der Waals surface area contributed by atoms with Gasteiger partial charge in [-0.1, -0.05) is 42.5 Å². The summed E-state index contributed by atoms with van der Waals surface area (Å²) >= 11 is 0. The SMILES string of the molecule is Cc1ncnc(N2CCOc3ccc(-c4ccc(-c5ncc[nH]5)cc4)cc3C2)c1Cc1ccc(F)cc1. The Morgan fingerprint density at radius 1 is 0.919 bits per heavy atom. The van der Waals surface area contributed by atoms with Gasteiger partial charge in [0.1, 0.15) is 36.1 Å². The Labute approximate surface area is 214 Å². The molecule has 1 N–H and O–H groups in total. The summed E-state index contributed by atoms with van der Waals surface area (Å²) in [4.78, 5) is 18.9. The monoisotopic (exact) mass is 491 g/mol. The standard InChI is InChI=1S/C30H26FN5O/c1-20-27(16-21-2-9-26(31)10-3-21)30(35-19-34-20)36-14-15-37-28-11-8-24(17-25(28)18-36)22-4-6-23(7-5-22)29-32-12-13-33-29/h2-13,17,19H,14-16,18H2,1H3,(H,32,33). The van der Waals surface area contributed by atoms with Gasteiger partial charge in [-0.25, -0.2) is 19.3 Å². The first-order chi connectivity index (χ1) is 18.1. The molecule has 184 valence electrons. The van der Waals surface area contributed by atoms with Crippen LogP contribution in [0.15, 0.2) is 85.5 Å². The first kappa shape index (κ1) is 22.9. The van der Waals surface area contributed by atoms with Crippen molar-refractivity contribution in [3.63, 3.8) is 0 Å². The van der Waals surface area contributed by atoms with Crippen molar-refractivity contribution in [1.82, 2.24) is 19.9 Å². The normalized spacial score (nSPS) is 13.1. The lowest BCUT2D eigenvalue weighted by molar-refractivity contribution is 0.331. The molecule has 3 aromatic carbocycles. The summed E-state index contributed by atoms with van der Waals surface area (Å²) in [6.07, 6.45) is 5.83. The lowest BCUT2D eigenvalue weighted by Crippen LogP contribution is -2.28. The van der Waals surface area contributed by atoms with E-state index in [1.54, 1.807) is 12.5 Å². The largest absolute Gasteiger partial charge is 0.491 e. The molecule has 1 aliphatic heterocycles. The van der Waals surface area contributed by atoms with Gasteiger partial charge >= 0.3 is 0 Å². The summed E-state index contributed by atoms with van der Waals surface area (Å²) in [7, 11) is 0. The van der Waals surface area contributed by atoms with Gasteiger partial charge < -0.3 is 14.6 Å². The first-order valence-corrected chi connectivity index (χ1v) is 12.3. The molecule has 3 heterocycles. The molecule has 0 saturated heterocycles. The molecular formula is C30H26FN5O. The molecule has 0 aliphatic carbocycles. The van der Waals surface area contributed by atoms with Crippen molar-refractivity contribution in [2.24, 2.45) is 0 Å². The van der Waals surface area contributed by atoms with Crippen LogP contribution in [0.1, 0.15) is 22.4 Å². The van der Waals surface area contributed by atoms with E-state index in [0.29, 0.717) is 26.1 Å². The molecule has 0 saturated carbocycles. The van der Waals surface area contributed by atoms with Crippen LogP contribution < -0.4 is 9.64 Å². The van der Waals surface area contributed by atoms with Gasteiger partial charge in [-0.3, -0.25) is 0 Å². The Morgan fingerprint density at radius 3 is 2.49 bits per heavy atom. The van der Waals surface area contributed by atoms with Crippen molar-refractivity contribution in [1.29, 1.82) is 0 Å². The third kappa shape index (κ3) is 4.80. The number of aromatic amines is 1. The average molecular weight is 492 g/mol. The van der Waals surface area contributed by atoms with Gasteiger partial charge in [0.15, 0.2) is 0 Å². The van der Waals surface area contributed by atoms with Crippen LogP contribution in [0, 0.1) is 12.7 Å². The van der Waals surface area contributed by atoms with E-state index >= 15 is 0 Å². The van der Waals surface area contributed by atoms with Crippen LogP contribution >= 0.6 is 0 Å². The third-order valence-corrected chi connectivity index (χ3v) is 6.76. The Hall–Kier alpha value is -4.52. The molecule has 0 radical (unpaired) electrons. The van der Waals surface area contributed by atoms with E-state index in [1.807, 2.05) is 25.3 Å². The Kier molecular flexibility index (Phi) is 6.10. The smallest absolute Gasteiger partial charge is 0.137 e. The Morgan fingerprint density at radius 2 is 1.70 bits per heavy atom. The van der Waals surface area contributed by atoms with Crippen LogP contribution in [0.4, 0.5) is 10.2 Å². The maximum Gasteiger partial charge on any atom is 0.137 e. The summed E-state index contributed by atoms with van der Waals surface area (Å²) in [5, 5.41) is 0. The van der Waals surface area contributed by atoms with Gasteiger partial charge in [0.05, 0.1) is 6.54 Å². The number of ether oxygens (including phenoxy) is 1. The number of rotatable bonds is 5. The van der Waals surface area contributed by atoms with Crippen LogP contribution in [0.2, 0.25) is 0 Å². The van der Waals surface area contributed by atoms with Crippen LogP contribution in [-0.4, -0.2) is 33.1 Å². The molecule has 0 unspecified atom stereocenters. The number of hydrogen-bond donors (Lipinski definition) is 1. The number of aromatic nitrogens is 4. The Balaban J connectivity index is 1.30. The third-order valence-electron chi connectivity index (χ3n) is 6.76. The van der Waals surface area contributed by atoms with Crippen LogP contribution in [0.25, 0.3) is 22.5 Å². The summed E-state index contributed by atoms with van der Waals surface area (Å²) < 4.78 is 19.6. The molecule has 0 atom stereocenters. The summed E-state index contributed by atoms with van der Waals surface area (Å²) in [5.41, 5.74) is 7.39. The van der Waals surface area contributed by atoms with E-state index in [9.17, 15) is 4.39 Å². The van der Waals surface area contributed by atoms with Crippen molar-refractivity contribution < 1.29 is 9.13 Å². The van der Waals surface area contributed by atoms with Gasteiger partial charge in [0.2, 0.25) is 0 Å².